The van der Waals surface area contributed by atoms with Crippen LogP contribution in [-0.4, -0.2) is 46.6 Å². The summed E-state index contributed by atoms with van der Waals surface area (Å²) in [5.74, 6) is 0.539. The first kappa shape index (κ1) is 27.2. The van der Waals surface area contributed by atoms with Gasteiger partial charge in [0.15, 0.2) is 11.5 Å². The summed E-state index contributed by atoms with van der Waals surface area (Å²) >= 11 is 0. The zero-order valence-corrected chi connectivity index (χ0v) is 23.2. The first-order valence-corrected chi connectivity index (χ1v) is 13.8. The van der Waals surface area contributed by atoms with E-state index in [1.54, 1.807) is 28.8 Å². The highest BCUT2D eigenvalue weighted by atomic mass is 16.5. The van der Waals surface area contributed by atoms with Gasteiger partial charge in [0.25, 0.3) is 0 Å². The van der Waals surface area contributed by atoms with Gasteiger partial charge in [-0.05, 0) is 68.7 Å². The third-order valence-corrected chi connectivity index (χ3v) is 7.30. The number of ether oxygens (including phenoxy) is 2. The fraction of sp³-hybridized carbons (Fsp3) is 0.355. The Morgan fingerprint density at radius 3 is 2.52 bits per heavy atom. The maximum atomic E-state index is 14.2. The number of carbonyl (C=O) groups is 2. The minimum atomic E-state index is -0.949. The van der Waals surface area contributed by atoms with Gasteiger partial charge in [-0.25, -0.2) is 4.68 Å². The van der Waals surface area contributed by atoms with Gasteiger partial charge in [-0.15, -0.1) is 5.10 Å². The van der Waals surface area contributed by atoms with Crippen LogP contribution >= 0.6 is 0 Å². The highest BCUT2D eigenvalue weighted by Crippen LogP contribution is 2.35. The Hall–Kier alpha value is -4.40. The summed E-state index contributed by atoms with van der Waals surface area (Å²) in [5, 5.41) is 11.7. The number of hydrogen-bond acceptors (Lipinski definition) is 6. The molecule has 9 nitrogen and oxygen atoms in total. The van der Waals surface area contributed by atoms with Crippen LogP contribution in [0.1, 0.15) is 49.8 Å². The largest absolute Gasteiger partial charge is 0.493 e. The number of benzene rings is 3. The summed E-state index contributed by atoms with van der Waals surface area (Å²) in [4.78, 5) is 29.9. The molecule has 1 aliphatic carbocycles. The van der Waals surface area contributed by atoms with Gasteiger partial charge in [-0.2, -0.15) is 0 Å². The number of amides is 2. The maximum absolute atomic E-state index is 14.2. The van der Waals surface area contributed by atoms with E-state index >= 15 is 0 Å². The Kier molecular flexibility index (Phi) is 8.28. The van der Waals surface area contributed by atoms with E-state index in [1.807, 2.05) is 68.4 Å². The molecule has 1 aromatic heterocycles. The molecule has 4 aromatic rings. The van der Waals surface area contributed by atoms with Crippen LogP contribution in [-0.2, 0) is 16.1 Å². The molecule has 0 bridgehead atoms. The van der Waals surface area contributed by atoms with Crippen LogP contribution in [0.15, 0.2) is 66.7 Å². The van der Waals surface area contributed by atoms with E-state index in [1.165, 1.54) is 0 Å². The Balaban J connectivity index is 1.60. The second-order valence-corrected chi connectivity index (χ2v) is 10.1. The van der Waals surface area contributed by atoms with Gasteiger partial charge < -0.3 is 14.8 Å². The lowest BCUT2D eigenvalue weighted by atomic mass is 10.0. The lowest BCUT2D eigenvalue weighted by molar-refractivity contribution is -0.127. The number of rotatable bonds is 10. The number of fused-ring (bicyclic) bond motifs is 1. The Bertz CT molecular complexity index is 1480. The molecule has 0 spiro atoms. The lowest BCUT2D eigenvalue weighted by Gasteiger charge is -2.32. The maximum Gasteiger partial charge on any atom is 0.249 e. The smallest absolute Gasteiger partial charge is 0.249 e. The molecule has 3 aromatic carbocycles. The average Bonchev–Trinajstić information content (AvgIpc) is 3.63. The number of nitrogens with zero attached hydrogens (tertiary/aromatic N) is 4. The first-order chi connectivity index (χ1) is 19.5. The van der Waals surface area contributed by atoms with E-state index in [-0.39, 0.29) is 24.4 Å². The molecule has 0 saturated heterocycles. The number of aryl methyl sites for hydroxylation is 1. The lowest BCUT2D eigenvalue weighted by Crippen LogP contribution is -2.47. The van der Waals surface area contributed by atoms with Gasteiger partial charge in [-0.3, -0.25) is 14.5 Å². The summed E-state index contributed by atoms with van der Waals surface area (Å²) in [7, 11) is 1.56. The van der Waals surface area contributed by atoms with Crippen LogP contribution in [0, 0.1) is 6.92 Å². The average molecular weight is 542 g/mol. The van der Waals surface area contributed by atoms with Crippen LogP contribution in [0.4, 0.5) is 5.69 Å². The van der Waals surface area contributed by atoms with Crippen molar-refractivity contribution >= 4 is 28.5 Å². The van der Waals surface area contributed by atoms with Gasteiger partial charge in [0.05, 0.1) is 19.2 Å². The Morgan fingerprint density at radius 1 is 1.05 bits per heavy atom. The van der Waals surface area contributed by atoms with Crippen molar-refractivity contribution in [2.75, 3.05) is 18.6 Å². The van der Waals surface area contributed by atoms with Crippen molar-refractivity contribution in [2.45, 2.75) is 58.2 Å². The number of hydrogen-bond donors (Lipinski definition) is 1. The summed E-state index contributed by atoms with van der Waals surface area (Å²) in [5.41, 5.74) is 3.72. The zero-order chi connectivity index (χ0) is 28.1. The number of nitrogens with one attached hydrogen (secondary N) is 1. The molecule has 208 valence electrons. The molecule has 1 unspecified atom stereocenters. The van der Waals surface area contributed by atoms with E-state index < -0.39 is 6.04 Å². The van der Waals surface area contributed by atoms with E-state index in [0.717, 1.165) is 36.8 Å². The van der Waals surface area contributed by atoms with Crippen molar-refractivity contribution in [1.29, 1.82) is 0 Å². The molecule has 40 heavy (non-hydrogen) atoms. The summed E-state index contributed by atoms with van der Waals surface area (Å²) in [6.45, 7) is 4.27. The molecule has 2 amide bonds. The van der Waals surface area contributed by atoms with Crippen LogP contribution < -0.4 is 19.7 Å². The van der Waals surface area contributed by atoms with Crippen molar-refractivity contribution in [3.05, 3.63) is 77.9 Å². The number of methoxy groups -OCH3 is 1. The highest BCUT2D eigenvalue weighted by Gasteiger charge is 2.35. The van der Waals surface area contributed by atoms with E-state index in [4.69, 9.17) is 9.47 Å². The standard InChI is InChI=1S/C31H35N5O4/c1-4-40-27-18-15-22(19-28(27)39-3)30(31(38)32-23-9-5-6-10-23)36(24-16-13-21(2)14-17-24)29(37)20-35-26-12-8-7-11-25(26)33-34-35/h7-8,11-19,23,30H,4-6,9-10,20H2,1-3H3,(H,32,38). The molecule has 1 aliphatic rings. The van der Waals surface area contributed by atoms with E-state index in [0.29, 0.717) is 34.9 Å². The molecule has 0 aliphatic heterocycles. The van der Waals surface area contributed by atoms with Crippen LogP contribution in [0.5, 0.6) is 11.5 Å². The second kappa shape index (κ2) is 12.2. The van der Waals surface area contributed by atoms with Crippen LogP contribution in [0.3, 0.4) is 0 Å². The van der Waals surface area contributed by atoms with Crippen molar-refractivity contribution in [3.8, 4) is 11.5 Å². The minimum Gasteiger partial charge on any atom is -0.493 e. The predicted octanol–water partition coefficient (Wildman–Crippen LogP) is 4.98. The van der Waals surface area contributed by atoms with Crippen molar-refractivity contribution in [2.24, 2.45) is 0 Å². The fourth-order valence-electron chi connectivity index (χ4n) is 5.28. The third-order valence-electron chi connectivity index (χ3n) is 7.30. The van der Waals surface area contributed by atoms with Crippen molar-refractivity contribution < 1.29 is 19.1 Å². The topological polar surface area (TPSA) is 98.6 Å². The molecule has 5 rings (SSSR count). The molecule has 9 heteroatoms. The van der Waals surface area contributed by atoms with Crippen molar-refractivity contribution in [1.82, 2.24) is 20.3 Å². The normalized spacial score (nSPS) is 14.2. The predicted molar refractivity (Wildman–Crippen MR) is 153 cm³/mol. The molecule has 1 atom stereocenters. The van der Waals surface area contributed by atoms with E-state index in [2.05, 4.69) is 15.6 Å². The highest BCUT2D eigenvalue weighted by molar-refractivity contribution is 6.01. The Morgan fingerprint density at radius 2 is 1.80 bits per heavy atom. The van der Waals surface area contributed by atoms with Gasteiger partial charge in [0, 0.05) is 11.7 Å². The number of anilines is 1. The molecule has 0 radical (unpaired) electrons. The van der Waals surface area contributed by atoms with Crippen LogP contribution in [0.2, 0.25) is 0 Å². The molecular weight excluding hydrogens is 506 g/mol. The minimum absolute atomic E-state index is 0.0776. The number of carbonyl (C=O) groups excluding carboxylic acids is 2. The molecule has 1 saturated carbocycles. The summed E-state index contributed by atoms with van der Waals surface area (Å²) in [6, 6.07) is 19.6. The van der Waals surface area contributed by atoms with Gasteiger partial charge in [-0.1, -0.05) is 54.0 Å². The van der Waals surface area contributed by atoms with Gasteiger partial charge in [0.1, 0.15) is 18.1 Å². The number of aromatic nitrogens is 3. The quantitative estimate of drug-likeness (QED) is 0.304. The molecule has 1 heterocycles. The first-order valence-electron chi connectivity index (χ1n) is 13.8. The molecular formula is C31H35N5O4. The third kappa shape index (κ3) is 5.78. The number of para-hydroxylation sites is 1. The fourth-order valence-corrected chi connectivity index (χ4v) is 5.28. The molecule has 1 N–H and O–H groups in total. The summed E-state index contributed by atoms with van der Waals surface area (Å²) in [6.07, 6.45) is 4.00. The SMILES string of the molecule is CCOc1ccc(C(C(=O)NC2CCCC2)N(C(=O)Cn2nnc3ccccc32)c2ccc(C)cc2)cc1OC. The Labute approximate surface area is 234 Å². The van der Waals surface area contributed by atoms with Crippen LogP contribution in [0.25, 0.3) is 11.0 Å². The second-order valence-electron chi connectivity index (χ2n) is 10.1. The van der Waals surface area contributed by atoms with Gasteiger partial charge >= 0.3 is 0 Å². The molecule has 1 fully saturated rings. The van der Waals surface area contributed by atoms with E-state index in [9.17, 15) is 9.59 Å². The van der Waals surface area contributed by atoms with Crippen molar-refractivity contribution in [3.63, 3.8) is 0 Å². The zero-order valence-electron chi connectivity index (χ0n) is 23.2. The summed E-state index contributed by atoms with van der Waals surface area (Å²) < 4.78 is 12.9. The van der Waals surface area contributed by atoms with Gasteiger partial charge in [0.2, 0.25) is 11.8 Å². The monoisotopic (exact) mass is 541 g/mol.